The van der Waals surface area contributed by atoms with Gasteiger partial charge in [-0.1, -0.05) is 33.8 Å². The minimum absolute atomic E-state index is 0.00474. The van der Waals surface area contributed by atoms with Crippen molar-refractivity contribution in [2.75, 3.05) is 0 Å². The highest BCUT2D eigenvalue weighted by Crippen LogP contribution is 2.64. The molecule has 182 valence electrons. The Hall–Kier alpha value is -1.85. The molecule has 0 spiro atoms. The number of ether oxygens (including phenoxy) is 3. The van der Waals surface area contributed by atoms with E-state index in [2.05, 4.69) is 27.4 Å². The lowest BCUT2D eigenvalue weighted by atomic mass is 9.44. The maximum Gasteiger partial charge on any atom is 0.303 e. The summed E-state index contributed by atoms with van der Waals surface area (Å²) in [5.41, 5.74) is -1.85. The van der Waals surface area contributed by atoms with Gasteiger partial charge in [0.25, 0.3) is 0 Å². The number of rotatable bonds is 7. The van der Waals surface area contributed by atoms with Gasteiger partial charge < -0.3 is 14.2 Å². The van der Waals surface area contributed by atoms with Gasteiger partial charge in [-0.15, -0.1) is 0 Å². The summed E-state index contributed by atoms with van der Waals surface area (Å²) in [6, 6.07) is 0. The predicted octanol–water partition coefficient (Wildman–Crippen LogP) is 5.38. The Bertz CT molecular complexity index is 757. The minimum Gasteiger partial charge on any atom is -0.462 e. The van der Waals surface area contributed by atoms with E-state index >= 15 is 0 Å². The minimum atomic E-state index is -0.803. The molecule has 0 aromatic heterocycles. The largest absolute Gasteiger partial charge is 0.462 e. The normalized spacial score (nSPS) is 35.6. The third-order valence-corrected chi connectivity index (χ3v) is 8.03. The number of hydrogen-bond acceptors (Lipinski definition) is 6. The molecule has 6 heteroatoms. The Labute approximate surface area is 193 Å². The van der Waals surface area contributed by atoms with E-state index in [-0.39, 0.29) is 46.7 Å². The molecule has 2 rings (SSSR count). The highest BCUT2D eigenvalue weighted by Gasteiger charge is 2.64. The zero-order chi connectivity index (χ0) is 24.5. The van der Waals surface area contributed by atoms with E-state index in [1.54, 1.807) is 6.08 Å². The SMILES string of the molecule is C=C[C@](C)(CC[C@H]1[C@]2(C)CCCC(C)(C)[C@H]2[C@@H](OC(C)=O)C[C@@]1(C)OC(C)=O)OC(C)=O. The van der Waals surface area contributed by atoms with Gasteiger partial charge in [0, 0.05) is 39.0 Å². The predicted molar refractivity (Wildman–Crippen MR) is 123 cm³/mol. The molecule has 0 aliphatic heterocycles. The highest BCUT2D eigenvalue weighted by atomic mass is 16.6. The third-order valence-electron chi connectivity index (χ3n) is 8.03. The Kier molecular flexibility index (Phi) is 7.58. The number of fused-ring (bicyclic) bond motifs is 1. The fraction of sp³-hybridized carbons (Fsp3) is 0.808. The average Bonchev–Trinajstić information content (AvgIpc) is 2.57. The lowest BCUT2D eigenvalue weighted by Crippen LogP contribution is -2.64. The summed E-state index contributed by atoms with van der Waals surface area (Å²) in [7, 11) is 0. The van der Waals surface area contributed by atoms with Gasteiger partial charge in [-0.3, -0.25) is 14.4 Å². The molecule has 0 bridgehead atoms. The Balaban J connectivity index is 2.53. The van der Waals surface area contributed by atoms with Gasteiger partial charge in [-0.25, -0.2) is 0 Å². The first-order valence-electron chi connectivity index (χ1n) is 11.8. The van der Waals surface area contributed by atoms with Crippen molar-refractivity contribution in [1.29, 1.82) is 0 Å². The highest BCUT2D eigenvalue weighted by molar-refractivity contribution is 5.67. The van der Waals surface area contributed by atoms with E-state index < -0.39 is 11.2 Å². The zero-order valence-electron chi connectivity index (χ0n) is 21.2. The zero-order valence-corrected chi connectivity index (χ0v) is 21.2. The van der Waals surface area contributed by atoms with E-state index in [9.17, 15) is 14.4 Å². The number of carbonyl (C=O) groups is 3. The molecule has 2 aliphatic carbocycles. The fourth-order valence-electron chi connectivity index (χ4n) is 7.16. The van der Waals surface area contributed by atoms with E-state index in [1.807, 2.05) is 13.8 Å². The van der Waals surface area contributed by atoms with Crippen molar-refractivity contribution in [1.82, 2.24) is 0 Å². The second-order valence-corrected chi connectivity index (χ2v) is 11.3. The molecule has 6 nitrogen and oxygen atoms in total. The number of hydrogen-bond donors (Lipinski definition) is 0. The van der Waals surface area contributed by atoms with Crippen LogP contribution in [-0.2, 0) is 28.6 Å². The van der Waals surface area contributed by atoms with Gasteiger partial charge in [-0.2, -0.15) is 0 Å². The Morgan fingerprint density at radius 2 is 1.66 bits per heavy atom. The third kappa shape index (κ3) is 5.37. The van der Waals surface area contributed by atoms with Crippen LogP contribution >= 0.6 is 0 Å². The van der Waals surface area contributed by atoms with Crippen LogP contribution in [0, 0.1) is 22.7 Å². The van der Waals surface area contributed by atoms with Gasteiger partial charge in [0.1, 0.15) is 17.3 Å². The first-order chi connectivity index (χ1) is 14.6. The Morgan fingerprint density at radius 3 is 2.16 bits per heavy atom. The topological polar surface area (TPSA) is 78.9 Å². The molecular formula is C26H42O6. The molecule has 2 aliphatic rings. The second-order valence-electron chi connectivity index (χ2n) is 11.3. The summed E-state index contributed by atoms with van der Waals surface area (Å²) < 4.78 is 17.5. The molecule has 2 saturated carbocycles. The lowest BCUT2D eigenvalue weighted by molar-refractivity contribution is -0.235. The number of carbonyl (C=O) groups excluding carboxylic acids is 3. The maximum absolute atomic E-state index is 12.2. The maximum atomic E-state index is 12.2. The summed E-state index contributed by atoms with van der Waals surface area (Å²) in [5, 5.41) is 0. The van der Waals surface area contributed by atoms with Gasteiger partial charge in [0.15, 0.2) is 0 Å². The van der Waals surface area contributed by atoms with Crippen LogP contribution in [-0.4, -0.2) is 35.2 Å². The molecule has 0 saturated heterocycles. The summed E-state index contributed by atoms with van der Waals surface area (Å²) in [6.45, 7) is 18.7. The molecular weight excluding hydrogens is 408 g/mol. The standard InChI is InChI=1S/C26H42O6/c1-10-24(7,31-18(3)28)15-12-21-25(8)14-11-13-23(5,6)22(25)20(30-17(2)27)16-26(21,9)32-19(4)29/h10,20-22H,1,11-16H2,2-9H3/t20-,21-,22+,24+,25-,26+/m0/s1. The molecule has 0 aromatic carbocycles. The van der Waals surface area contributed by atoms with Crippen LogP contribution in [0.25, 0.3) is 0 Å². The van der Waals surface area contributed by atoms with Crippen LogP contribution < -0.4 is 0 Å². The van der Waals surface area contributed by atoms with E-state index in [0.717, 1.165) is 19.3 Å². The van der Waals surface area contributed by atoms with Crippen LogP contribution in [0.3, 0.4) is 0 Å². The van der Waals surface area contributed by atoms with Crippen molar-refractivity contribution in [3.63, 3.8) is 0 Å². The van der Waals surface area contributed by atoms with Crippen LogP contribution in [0.5, 0.6) is 0 Å². The van der Waals surface area contributed by atoms with E-state index in [0.29, 0.717) is 19.3 Å². The second kappa shape index (κ2) is 9.18. The first kappa shape index (κ1) is 26.4. The number of esters is 3. The molecule has 0 aromatic rings. The molecule has 0 unspecified atom stereocenters. The molecule has 0 N–H and O–H groups in total. The Morgan fingerprint density at radius 1 is 1.03 bits per heavy atom. The molecule has 0 radical (unpaired) electrons. The molecule has 6 atom stereocenters. The first-order valence-corrected chi connectivity index (χ1v) is 11.8. The van der Waals surface area contributed by atoms with Crippen molar-refractivity contribution in [2.24, 2.45) is 22.7 Å². The fourth-order valence-corrected chi connectivity index (χ4v) is 7.16. The van der Waals surface area contributed by atoms with E-state index in [1.165, 1.54) is 20.8 Å². The van der Waals surface area contributed by atoms with Gasteiger partial charge in [-0.05, 0) is 56.4 Å². The van der Waals surface area contributed by atoms with Gasteiger partial charge in [0.05, 0.1) is 0 Å². The summed E-state index contributed by atoms with van der Waals surface area (Å²) in [6.07, 6.45) is 6.13. The van der Waals surface area contributed by atoms with Crippen molar-refractivity contribution >= 4 is 17.9 Å². The molecule has 32 heavy (non-hydrogen) atoms. The van der Waals surface area contributed by atoms with Crippen molar-refractivity contribution in [3.8, 4) is 0 Å². The van der Waals surface area contributed by atoms with Gasteiger partial charge >= 0.3 is 17.9 Å². The van der Waals surface area contributed by atoms with Crippen molar-refractivity contribution < 1.29 is 28.6 Å². The lowest BCUT2D eigenvalue weighted by Gasteiger charge is -2.63. The van der Waals surface area contributed by atoms with Crippen LogP contribution in [0.4, 0.5) is 0 Å². The van der Waals surface area contributed by atoms with Crippen LogP contribution in [0.15, 0.2) is 12.7 Å². The average molecular weight is 451 g/mol. The monoisotopic (exact) mass is 450 g/mol. The van der Waals surface area contributed by atoms with Crippen LogP contribution in [0.2, 0.25) is 0 Å². The van der Waals surface area contributed by atoms with Gasteiger partial charge in [0.2, 0.25) is 0 Å². The molecule has 2 fully saturated rings. The van der Waals surface area contributed by atoms with E-state index in [4.69, 9.17) is 14.2 Å². The van der Waals surface area contributed by atoms with Crippen molar-refractivity contribution in [2.45, 2.75) is 111 Å². The van der Waals surface area contributed by atoms with Crippen molar-refractivity contribution in [3.05, 3.63) is 12.7 Å². The summed E-state index contributed by atoms with van der Waals surface area (Å²) in [4.78, 5) is 35.9. The quantitative estimate of drug-likeness (QED) is 0.294. The summed E-state index contributed by atoms with van der Waals surface area (Å²) >= 11 is 0. The molecule has 0 heterocycles. The molecule has 0 amide bonds. The van der Waals surface area contributed by atoms with Crippen LogP contribution in [0.1, 0.15) is 93.9 Å². The smallest absolute Gasteiger partial charge is 0.303 e. The summed E-state index contributed by atoms with van der Waals surface area (Å²) in [5.74, 6) is -0.870.